The zero-order chi connectivity index (χ0) is 14.3. The first-order valence-electron chi connectivity index (χ1n) is 5.91. The molecule has 0 amide bonds. The van der Waals surface area contributed by atoms with Gasteiger partial charge in [0.2, 0.25) is 0 Å². The molecule has 1 aromatic heterocycles. The van der Waals surface area contributed by atoms with E-state index >= 15 is 0 Å². The van der Waals surface area contributed by atoms with Gasteiger partial charge in [-0.2, -0.15) is 13.2 Å². The molecule has 102 valence electrons. The smallest absolute Gasteiger partial charge is 0.416 e. The molecule has 0 aliphatic rings. The number of benzene rings is 1. The Morgan fingerprint density at radius 3 is 2.11 bits per heavy atom. The second-order valence-corrected chi connectivity index (χ2v) is 2.91. The van der Waals surface area contributed by atoms with Crippen molar-refractivity contribution in [3.63, 3.8) is 0 Å². The van der Waals surface area contributed by atoms with Gasteiger partial charge in [-0.3, -0.25) is 0 Å². The second kappa shape index (κ2) is 7.03. The average Bonchev–Trinajstić information content (AvgIpc) is 2.72. The topological polar surface area (TPSA) is 26.0 Å². The number of rotatable bonds is 0. The lowest BCUT2D eigenvalue weighted by Gasteiger charge is -2.04. The number of aromatic nitrogens is 1. The normalized spacial score (nSPS) is 10.2. The van der Waals surface area contributed by atoms with Gasteiger partial charge in [0.05, 0.1) is 5.56 Å². The number of halogens is 3. The molecule has 2 rings (SSSR count). The van der Waals surface area contributed by atoms with E-state index in [1.165, 1.54) is 6.07 Å². The van der Waals surface area contributed by atoms with Gasteiger partial charge >= 0.3 is 6.18 Å². The summed E-state index contributed by atoms with van der Waals surface area (Å²) in [5.74, 6) is 0.360. The Morgan fingerprint density at radius 1 is 1.06 bits per heavy atom. The summed E-state index contributed by atoms with van der Waals surface area (Å²) in [7, 11) is 0. The van der Waals surface area contributed by atoms with Crippen molar-refractivity contribution in [1.29, 1.82) is 0 Å². The van der Waals surface area contributed by atoms with Gasteiger partial charge in [-0.25, -0.2) is 4.98 Å². The molecule has 0 fully saturated rings. The maximum atomic E-state index is 12.3. The Balaban J connectivity index is 0.000000659. The predicted octanol–water partition coefficient (Wildman–Crippen LogP) is 5.21. The van der Waals surface area contributed by atoms with Crippen molar-refractivity contribution < 1.29 is 17.6 Å². The molecule has 1 heterocycles. The molecule has 18 heavy (non-hydrogen) atoms. The Morgan fingerprint density at radius 2 is 1.61 bits per heavy atom. The fraction of sp³-hybridized carbons (Fsp3) is 0.462. The fourth-order valence-corrected chi connectivity index (χ4v) is 1.22. The Kier molecular flexibility index (Phi) is 6.44. The van der Waals surface area contributed by atoms with Crippen LogP contribution in [-0.4, -0.2) is 4.98 Å². The van der Waals surface area contributed by atoms with Crippen LogP contribution < -0.4 is 0 Å². The van der Waals surface area contributed by atoms with Gasteiger partial charge in [0.1, 0.15) is 5.52 Å². The lowest BCUT2D eigenvalue weighted by atomic mass is 10.2. The molecule has 0 unspecified atom stereocenters. The van der Waals surface area contributed by atoms with E-state index in [1.54, 1.807) is 6.92 Å². The molecule has 2 nitrogen and oxygen atoms in total. The highest BCUT2D eigenvalue weighted by atomic mass is 19.4. The zero-order valence-corrected chi connectivity index (χ0v) is 11.2. The van der Waals surface area contributed by atoms with Crippen LogP contribution >= 0.6 is 0 Å². The molecule has 0 radical (unpaired) electrons. The van der Waals surface area contributed by atoms with E-state index in [0.29, 0.717) is 11.5 Å². The van der Waals surface area contributed by atoms with Crippen molar-refractivity contribution in [2.45, 2.75) is 40.8 Å². The van der Waals surface area contributed by atoms with Crippen LogP contribution in [0.1, 0.15) is 39.1 Å². The second-order valence-electron chi connectivity index (χ2n) is 2.91. The molecule has 1 aromatic carbocycles. The van der Waals surface area contributed by atoms with Gasteiger partial charge in [0.15, 0.2) is 11.5 Å². The summed E-state index contributed by atoms with van der Waals surface area (Å²) in [6.07, 6.45) is -4.33. The quantitative estimate of drug-likeness (QED) is 0.650. The van der Waals surface area contributed by atoms with Gasteiger partial charge in [-0.1, -0.05) is 27.7 Å². The van der Waals surface area contributed by atoms with Crippen molar-refractivity contribution in [2.75, 3.05) is 0 Å². The Labute approximate surface area is 105 Å². The summed E-state index contributed by atoms with van der Waals surface area (Å²) in [5, 5.41) is 0. The van der Waals surface area contributed by atoms with Crippen molar-refractivity contribution in [3.8, 4) is 0 Å². The van der Waals surface area contributed by atoms with Crippen LogP contribution in [0.5, 0.6) is 0 Å². The first kappa shape index (κ1) is 16.5. The van der Waals surface area contributed by atoms with Crippen molar-refractivity contribution in [3.05, 3.63) is 29.7 Å². The molecule has 0 N–H and O–H groups in total. The number of alkyl halides is 3. The number of nitrogens with zero attached hydrogens (tertiary/aromatic N) is 1. The first-order valence-corrected chi connectivity index (χ1v) is 5.91. The minimum atomic E-state index is -4.33. The number of hydrogen-bond acceptors (Lipinski definition) is 2. The van der Waals surface area contributed by atoms with Crippen LogP contribution in [0.25, 0.3) is 11.1 Å². The molecule has 5 heteroatoms. The highest BCUT2D eigenvalue weighted by Gasteiger charge is 2.30. The third-order valence-corrected chi connectivity index (χ3v) is 1.82. The van der Waals surface area contributed by atoms with Crippen LogP contribution in [0, 0.1) is 6.92 Å². The first-order chi connectivity index (χ1) is 8.47. The molecule has 0 saturated heterocycles. The van der Waals surface area contributed by atoms with Crippen molar-refractivity contribution >= 4 is 11.1 Å². The summed E-state index contributed by atoms with van der Waals surface area (Å²) < 4.78 is 41.8. The SMILES string of the molecule is CC.CC.Cc1nc2cc(C(F)(F)F)ccc2o1. The molecule has 0 aliphatic carbocycles. The lowest BCUT2D eigenvalue weighted by molar-refractivity contribution is -0.137. The van der Waals surface area contributed by atoms with Gasteiger partial charge in [-0.05, 0) is 18.2 Å². The van der Waals surface area contributed by atoms with Gasteiger partial charge < -0.3 is 4.42 Å². The Bertz CT molecular complexity index is 475. The standard InChI is InChI=1S/C9H6F3NO.2C2H6/c1-5-13-7-4-6(9(10,11)12)2-3-8(7)14-5;2*1-2/h2-4H,1H3;2*1-2H3. The van der Waals surface area contributed by atoms with Gasteiger partial charge in [0, 0.05) is 6.92 Å². The molecule has 2 aromatic rings. The Hall–Kier alpha value is -1.52. The molecular formula is C13H18F3NO. The fourth-order valence-electron chi connectivity index (χ4n) is 1.22. The number of aryl methyl sites for hydroxylation is 1. The number of fused-ring (bicyclic) bond motifs is 1. The van der Waals surface area contributed by atoms with E-state index in [1.807, 2.05) is 27.7 Å². The molecular weight excluding hydrogens is 243 g/mol. The lowest BCUT2D eigenvalue weighted by Crippen LogP contribution is -2.03. The van der Waals surface area contributed by atoms with E-state index in [2.05, 4.69) is 4.98 Å². The molecule has 0 aliphatic heterocycles. The minimum Gasteiger partial charge on any atom is -0.441 e. The molecule has 0 atom stereocenters. The zero-order valence-electron chi connectivity index (χ0n) is 11.2. The summed E-state index contributed by atoms with van der Waals surface area (Å²) in [5.41, 5.74) is -0.105. The maximum absolute atomic E-state index is 12.3. The average molecular weight is 261 g/mol. The monoisotopic (exact) mass is 261 g/mol. The highest BCUT2D eigenvalue weighted by molar-refractivity contribution is 5.73. The van der Waals surface area contributed by atoms with E-state index in [9.17, 15) is 13.2 Å². The molecule has 0 spiro atoms. The number of oxazole rings is 1. The van der Waals surface area contributed by atoms with Crippen LogP contribution in [0.15, 0.2) is 22.6 Å². The highest BCUT2D eigenvalue weighted by Crippen LogP contribution is 2.31. The maximum Gasteiger partial charge on any atom is 0.416 e. The predicted molar refractivity (Wildman–Crippen MR) is 66.4 cm³/mol. The van der Waals surface area contributed by atoms with Crippen LogP contribution in [0.3, 0.4) is 0 Å². The van der Waals surface area contributed by atoms with E-state index < -0.39 is 11.7 Å². The van der Waals surface area contributed by atoms with Crippen molar-refractivity contribution in [1.82, 2.24) is 4.98 Å². The minimum absolute atomic E-state index is 0.234. The van der Waals surface area contributed by atoms with Gasteiger partial charge in [-0.15, -0.1) is 0 Å². The van der Waals surface area contributed by atoms with Crippen LogP contribution in [-0.2, 0) is 6.18 Å². The summed E-state index contributed by atoms with van der Waals surface area (Å²) >= 11 is 0. The molecule has 0 bridgehead atoms. The molecule has 0 saturated carbocycles. The third kappa shape index (κ3) is 4.05. The largest absolute Gasteiger partial charge is 0.441 e. The van der Waals surface area contributed by atoms with Crippen molar-refractivity contribution in [2.24, 2.45) is 0 Å². The summed E-state index contributed by atoms with van der Waals surface area (Å²) in [4.78, 5) is 3.82. The van der Waals surface area contributed by atoms with E-state index in [0.717, 1.165) is 12.1 Å². The van der Waals surface area contributed by atoms with Crippen LogP contribution in [0.2, 0.25) is 0 Å². The van der Waals surface area contributed by atoms with E-state index in [-0.39, 0.29) is 5.52 Å². The van der Waals surface area contributed by atoms with Crippen LogP contribution in [0.4, 0.5) is 13.2 Å². The van der Waals surface area contributed by atoms with Gasteiger partial charge in [0.25, 0.3) is 0 Å². The summed E-state index contributed by atoms with van der Waals surface area (Å²) in [6, 6.07) is 3.23. The number of hydrogen-bond donors (Lipinski definition) is 0. The summed E-state index contributed by atoms with van der Waals surface area (Å²) in [6.45, 7) is 9.59. The third-order valence-electron chi connectivity index (χ3n) is 1.82. The van der Waals surface area contributed by atoms with E-state index in [4.69, 9.17) is 4.42 Å².